The van der Waals surface area contributed by atoms with Crippen LogP contribution in [0, 0.1) is 13.8 Å². The summed E-state index contributed by atoms with van der Waals surface area (Å²) in [6.07, 6.45) is -0.596. The molecule has 3 aromatic carbocycles. The molecule has 0 unspecified atom stereocenters. The number of anilines is 1. The molecule has 0 saturated carbocycles. The summed E-state index contributed by atoms with van der Waals surface area (Å²) in [5.41, 5.74) is 2.98. The lowest BCUT2D eigenvalue weighted by Crippen LogP contribution is -2.30. The average molecular weight is 378 g/mol. The first kappa shape index (κ1) is 19.1. The Morgan fingerprint density at radius 2 is 1.67 bits per heavy atom. The van der Waals surface area contributed by atoms with E-state index in [0.717, 1.165) is 26.8 Å². The van der Waals surface area contributed by atoms with Crippen LogP contribution in [0.1, 0.15) is 18.1 Å². The van der Waals surface area contributed by atoms with Gasteiger partial charge in [-0.15, -0.1) is 0 Å². The third-order valence-corrected chi connectivity index (χ3v) is 5.20. The van der Waals surface area contributed by atoms with E-state index >= 15 is 0 Å². The van der Waals surface area contributed by atoms with Gasteiger partial charge in [0.2, 0.25) is 0 Å². The summed E-state index contributed by atoms with van der Waals surface area (Å²) in [4.78, 5) is 14.8. The zero-order valence-electron chi connectivity index (χ0n) is 15.7. The Labute approximate surface area is 164 Å². The zero-order valence-corrected chi connectivity index (χ0v) is 16.5. The van der Waals surface area contributed by atoms with Crippen LogP contribution in [0.15, 0.2) is 82.6 Å². The predicted molar refractivity (Wildman–Crippen MR) is 112 cm³/mol. The molecule has 0 aromatic heterocycles. The van der Waals surface area contributed by atoms with E-state index in [1.54, 1.807) is 18.7 Å². The van der Waals surface area contributed by atoms with Crippen molar-refractivity contribution in [2.24, 2.45) is 0 Å². The van der Waals surface area contributed by atoms with Gasteiger partial charge in [-0.25, -0.2) is 0 Å². The van der Waals surface area contributed by atoms with Gasteiger partial charge in [0.15, 0.2) is 6.10 Å². The third-order valence-electron chi connectivity index (χ3n) is 4.12. The fraction of sp³-hybridized carbons (Fsp3) is 0.174. The molecule has 1 atom stereocenters. The largest absolute Gasteiger partial charge is 0.481 e. The quantitative estimate of drug-likeness (QED) is 0.585. The number of hydrogen-bond acceptors (Lipinski definition) is 3. The van der Waals surface area contributed by atoms with Crippen molar-refractivity contribution in [3.8, 4) is 5.75 Å². The second kappa shape index (κ2) is 8.78. The van der Waals surface area contributed by atoms with Gasteiger partial charge in [-0.3, -0.25) is 4.79 Å². The number of para-hydroxylation sites is 1. The second-order valence-corrected chi connectivity index (χ2v) is 7.54. The topological polar surface area (TPSA) is 38.3 Å². The number of hydrogen-bond donors (Lipinski definition) is 1. The van der Waals surface area contributed by atoms with Crippen LogP contribution in [-0.2, 0) is 4.79 Å². The smallest absolute Gasteiger partial charge is 0.265 e. The molecule has 0 radical (unpaired) electrons. The maximum Gasteiger partial charge on any atom is 0.265 e. The van der Waals surface area contributed by atoms with Crippen LogP contribution in [0.5, 0.6) is 5.75 Å². The van der Waals surface area contributed by atoms with Crippen molar-refractivity contribution in [1.29, 1.82) is 0 Å². The Morgan fingerprint density at radius 1 is 0.963 bits per heavy atom. The van der Waals surface area contributed by atoms with Gasteiger partial charge >= 0.3 is 0 Å². The van der Waals surface area contributed by atoms with E-state index in [4.69, 9.17) is 4.74 Å². The monoisotopic (exact) mass is 377 g/mol. The van der Waals surface area contributed by atoms with Crippen molar-refractivity contribution < 1.29 is 9.53 Å². The molecule has 0 fully saturated rings. The molecule has 0 saturated heterocycles. The lowest BCUT2D eigenvalue weighted by molar-refractivity contribution is -0.122. The lowest BCUT2D eigenvalue weighted by atomic mass is 10.1. The van der Waals surface area contributed by atoms with Crippen molar-refractivity contribution in [1.82, 2.24) is 0 Å². The Balaban J connectivity index is 1.70. The van der Waals surface area contributed by atoms with Crippen LogP contribution < -0.4 is 10.1 Å². The molecule has 1 N–H and O–H groups in total. The fourth-order valence-electron chi connectivity index (χ4n) is 2.68. The van der Waals surface area contributed by atoms with Gasteiger partial charge in [-0.05, 0) is 56.7 Å². The number of benzene rings is 3. The number of amides is 1. The van der Waals surface area contributed by atoms with Crippen LogP contribution >= 0.6 is 11.8 Å². The number of aryl methyl sites for hydroxylation is 2. The highest BCUT2D eigenvalue weighted by Crippen LogP contribution is 2.33. The molecule has 4 heteroatoms. The SMILES string of the molecule is Cc1ccc(O[C@@H](C)C(=O)Nc2ccccc2Sc2ccccc2)c(C)c1. The summed E-state index contributed by atoms with van der Waals surface area (Å²) >= 11 is 1.62. The van der Waals surface area contributed by atoms with E-state index in [1.165, 1.54) is 5.56 Å². The van der Waals surface area contributed by atoms with Crippen LogP contribution in [0.25, 0.3) is 0 Å². The summed E-state index contributed by atoms with van der Waals surface area (Å²) < 4.78 is 5.87. The second-order valence-electron chi connectivity index (χ2n) is 6.43. The van der Waals surface area contributed by atoms with Gasteiger partial charge in [0.1, 0.15) is 5.75 Å². The Kier molecular flexibility index (Phi) is 6.20. The number of carbonyl (C=O) groups is 1. The molecule has 0 aliphatic heterocycles. The Hall–Kier alpha value is -2.72. The first-order valence-electron chi connectivity index (χ1n) is 8.89. The first-order chi connectivity index (χ1) is 13.0. The number of carbonyl (C=O) groups excluding carboxylic acids is 1. The van der Waals surface area contributed by atoms with Gasteiger partial charge in [0.25, 0.3) is 5.91 Å². The van der Waals surface area contributed by atoms with Gasteiger partial charge in [-0.2, -0.15) is 0 Å². The number of rotatable bonds is 6. The van der Waals surface area contributed by atoms with Crippen molar-refractivity contribution in [3.63, 3.8) is 0 Å². The predicted octanol–water partition coefficient (Wildman–Crippen LogP) is 5.86. The molecule has 27 heavy (non-hydrogen) atoms. The molecule has 3 rings (SSSR count). The van der Waals surface area contributed by atoms with Crippen molar-refractivity contribution in [2.45, 2.75) is 36.7 Å². The van der Waals surface area contributed by atoms with E-state index in [-0.39, 0.29) is 5.91 Å². The van der Waals surface area contributed by atoms with Gasteiger partial charge in [-0.1, -0.05) is 59.8 Å². The highest BCUT2D eigenvalue weighted by molar-refractivity contribution is 7.99. The molecule has 0 aliphatic carbocycles. The third kappa shape index (κ3) is 5.14. The molecular weight excluding hydrogens is 354 g/mol. The summed E-state index contributed by atoms with van der Waals surface area (Å²) in [6.45, 7) is 5.79. The fourth-order valence-corrected chi connectivity index (χ4v) is 3.61. The molecule has 1 amide bonds. The van der Waals surface area contributed by atoms with E-state index in [9.17, 15) is 4.79 Å². The summed E-state index contributed by atoms with van der Waals surface area (Å²) in [5, 5.41) is 3.00. The van der Waals surface area contributed by atoms with Crippen LogP contribution in [-0.4, -0.2) is 12.0 Å². The Morgan fingerprint density at radius 3 is 2.41 bits per heavy atom. The van der Waals surface area contributed by atoms with Crippen molar-refractivity contribution in [2.75, 3.05) is 5.32 Å². The standard InChI is InChI=1S/C23H23NO2S/c1-16-13-14-21(17(2)15-16)26-18(3)23(25)24-20-11-7-8-12-22(20)27-19-9-5-4-6-10-19/h4-15,18H,1-3H3,(H,24,25)/t18-/m0/s1. The molecule has 0 bridgehead atoms. The van der Waals surface area contributed by atoms with Crippen molar-refractivity contribution >= 4 is 23.4 Å². The maximum absolute atomic E-state index is 12.7. The van der Waals surface area contributed by atoms with E-state index in [2.05, 4.69) is 17.4 Å². The molecule has 3 nitrogen and oxygen atoms in total. The van der Waals surface area contributed by atoms with E-state index in [1.807, 2.05) is 74.5 Å². The molecule has 0 heterocycles. The summed E-state index contributed by atoms with van der Waals surface area (Å²) in [5.74, 6) is 0.561. The molecular formula is C23H23NO2S. The van der Waals surface area contributed by atoms with Crippen LogP contribution in [0.3, 0.4) is 0 Å². The summed E-state index contributed by atoms with van der Waals surface area (Å²) in [7, 11) is 0. The average Bonchev–Trinajstić information content (AvgIpc) is 2.66. The zero-order chi connectivity index (χ0) is 19.2. The number of ether oxygens (including phenoxy) is 1. The van der Waals surface area contributed by atoms with Crippen LogP contribution in [0.2, 0.25) is 0 Å². The van der Waals surface area contributed by atoms with Gasteiger partial charge in [0, 0.05) is 9.79 Å². The molecule has 0 spiro atoms. The highest BCUT2D eigenvalue weighted by Gasteiger charge is 2.17. The molecule has 138 valence electrons. The van der Waals surface area contributed by atoms with E-state index in [0.29, 0.717) is 0 Å². The Bertz CT molecular complexity index is 925. The lowest BCUT2D eigenvalue weighted by Gasteiger charge is -2.17. The van der Waals surface area contributed by atoms with Gasteiger partial charge in [0.05, 0.1) is 5.69 Å². The minimum absolute atomic E-state index is 0.170. The van der Waals surface area contributed by atoms with Gasteiger partial charge < -0.3 is 10.1 Å². The highest BCUT2D eigenvalue weighted by atomic mass is 32.2. The summed E-state index contributed by atoms with van der Waals surface area (Å²) in [6, 6.07) is 23.8. The number of nitrogens with one attached hydrogen (secondary N) is 1. The van der Waals surface area contributed by atoms with Crippen LogP contribution in [0.4, 0.5) is 5.69 Å². The minimum Gasteiger partial charge on any atom is -0.481 e. The first-order valence-corrected chi connectivity index (χ1v) is 9.71. The van der Waals surface area contributed by atoms with E-state index < -0.39 is 6.10 Å². The maximum atomic E-state index is 12.7. The normalized spacial score (nSPS) is 11.7. The minimum atomic E-state index is -0.596. The molecule has 3 aromatic rings. The molecule has 0 aliphatic rings. The van der Waals surface area contributed by atoms with Crippen molar-refractivity contribution in [3.05, 3.63) is 83.9 Å².